The third-order valence-corrected chi connectivity index (χ3v) is 5.08. The van der Waals surface area contributed by atoms with Crippen LogP contribution in [0.1, 0.15) is 38.5 Å². The standard InChI is InChI=1S/C24H21F3N4O3/c1-16-21(13-30-31(16)22-8-7-19(12-28-22)24(25,26)27)23(32)29-11-17-4-2-5-18(10-17)14-33-15-20-6-3-9-34-20/h2-10,12-13H,11,14-15H2,1H3,(H,29,32). The maximum absolute atomic E-state index is 12.8. The molecule has 7 nitrogen and oxygen atoms in total. The summed E-state index contributed by atoms with van der Waals surface area (Å²) in [5.74, 6) is 0.577. The molecule has 0 unspecified atom stereocenters. The van der Waals surface area contributed by atoms with Crippen LogP contribution in [0.15, 0.2) is 71.6 Å². The van der Waals surface area contributed by atoms with Gasteiger partial charge >= 0.3 is 6.18 Å². The molecule has 0 radical (unpaired) electrons. The Balaban J connectivity index is 1.36. The van der Waals surface area contributed by atoms with Crippen molar-refractivity contribution >= 4 is 5.91 Å². The van der Waals surface area contributed by atoms with Crippen LogP contribution in [0.4, 0.5) is 13.2 Å². The van der Waals surface area contributed by atoms with Crippen molar-refractivity contribution in [2.75, 3.05) is 0 Å². The minimum Gasteiger partial charge on any atom is -0.467 e. The Morgan fingerprint density at radius 1 is 1.09 bits per heavy atom. The van der Waals surface area contributed by atoms with Crippen LogP contribution in [0, 0.1) is 6.92 Å². The molecule has 3 aromatic heterocycles. The van der Waals surface area contributed by atoms with Crippen molar-refractivity contribution in [3.63, 3.8) is 0 Å². The van der Waals surface area contributed by atoms with Crippen LogP contribution in [0.25, 0.3) is 5.82 Å². The van der Waals surface area contributed by atoms with Gasteiger partial charge in [-0.25, -0.2) is 9.67 Å². The monoisotopic (exact) mass is 470 g/mol. The van der Waals surface area contributed by atoms with Crippen molar-refractivity contribution in [2.24, 2.45) is 0 Å². The number of alkyl halides is 3. The van der Waals surface area contributed by atoms with Crippen molar-refractivity contribution in [1.29, 1.82) is 0 Å². The number of carbonyl (C=O) groups is 1. The van der Waals surface area contributed by atoms with E-state index >= 15 is 0 Å². The first-order valence-corrected chi connectivity index (χ1v) is 10.4. The van der Waals surface area contributed by atoms with Crippen LogP contribution in [-0.4, -0.2) is 20.7 Å². The molecule has 1 amide bonds. The summed E-state index contributed by atoms with van der Waals surface area (Å²) in [7, 11) is 0. The summed E-state index contributed by atoms with van der Waals surface area (Å²) in [5.41, 5.74) is 1.76. The number of carbonyl (C=O) groups excluding carboxylic acids is 1. The Hall–Kier alpha value is -3.92. The molecule has 1 N–H and O–H groups in total. The van der Waals surface area contributed by atoms with E-state index in [1.807, 2.05) is 30.3 Å². The number of nitrogens with one attached hydrogen (secondary N) is 1. The van der Waals surface area contributed by atoms with Gasteiger partial charge in [0, 0.05) is 12.7 Å². The molecule has 0 atom stereocenters. The van der Waals surface area contributed by atoms with Gasteiger partial charge in [0.1, 0.15) is 12.4 Å². The molecule has 0 aliphatic heterocycles. The van der Waals surface area contributed by atoms with Crippen molar-refractivity contribution in [1.82, 2.24) is 20.1 Å². The minimum absolute atomic E-state index is 0.187. The van der Waals surface area contributed by atoms with Crippen LogP contribution in [0.2, 0.25) is 0 Å². The van der Waals surface area contributed by atoms with E-state index in [-0.39, 0.29) is 18.3 Å². The van der Waals surface area contributed by atoms with Crippen LogP contribution in [0.5, 0.6) is 0 Å². The van der Waals surface area contributed by atoms with E-state index in [0.29, 0.717) is 24.5 Å². The fourth-order valence-corrected chi connectivity index (χ4v) is 3.31. The number of rotatable bonds is 8. The lowest BCUT2D eigenvalue weighted by Crippen LogP contribution is -2.23. The fourth-order valence-electron chi connectivity index (χ4n) is 3.31. The van der Waals surface area contributed by atoms with Crippen LogP contribution < -0.4 is 5.32 Å². The summed E-state index contributed by atoms with van der Waals surface area (Å²) in [6.45, 7) is 2.70. The molecule has 0 saturated carbocycles. The number of furan rings is 1. The van der Waals surface area contributed by atoms with Crippen molar-refractivity contribution < 1.29 is 27.1 Å². The maximum Gasteiger partial charge on any atom is 0.417 e. The van der Waals surface area contributed by atoms with E-state index in [1.54, 1.807) is 19.3 Å². The molecular formula is C24H21F3N4O3. The van der Waals surface area contributed by atoms with E-state index in [0.717, 1.165) is 29.2 Å². The van der Waals surface area contributed by atoms with Gasteiger partial charge in [0.05, 0.1) is 35.9 Å². The highest BCUT2D eigenvalue weighted by molar-refractivity contribution is 5.95. The molecule has 0 spiro atoms. The molecule has 10 heteroatoms. The molecule has 4 rings (SSSR count). The van der Waals surface area contributed by atoms with E-state index < -0.39 is 11.7 Å². The average molecular weight is 470 g/mol. The van der Waals surface area contributed by atoms with Crippen molar-refractivity contribution in [3.8, 4) is 5.82 Å². The first-order valence-electron chi connectivity index (χ1n) is 10.4. The van der Waals surface area contributed by atoms with Gasteiger partial charge in [-0.05, 0) is 42.3 Å². The summed E-state index contributed by atoms with van der Waals surface area (Å²) in [6, 6.07) is 13.4. The molecule has 1 aromatic carbocycles. The Morgan fingerprint density at radius 3 is 2.62 bits per heavy atom. The summed E-state index contributed by atoms with van der Waals surface area (Å²) in [5, 5.41) is 6.95. The SMILES string of the molecule is Cc1c(C(=O)NCc2cccc(COCc3ccco3)c2)cnn1-c1ccc(C(F)(F)F)cn1. The second kappa shape index (κ2) is 9.92. The number of nitrogens with zero attached hydrogens (tertiary/aromatic N) is 3. The molecule has 34 heavy (non-hydrogen) atoms. The molecule has 0 bridgehead atoms. The van der Waals surface area contributed by atoms with Gasteiger partial charge in [-0.15, -0.1) is 0 Å². The summed E-state index contributed by atoms with van der Waals surface area (Å²) < 4.78 is 50.5. The number of pyridine rings is 1. The molecule has 4 aromatic rings. The lowest BCUT2D eigenvalue weighted by Gasteiger charge is -2.09. The van der Waals surface area contributed by atoms with E-state index in [9.17, 15) is 18.0 Å². The molecule has 0 fully saturated rings. The highest BCUT2D eigenvalue weighted by atomic mass is 19.4. The van der Waals surface area contributed by atoms with Gasteiger partial charge in [0.2, 0.25) is 0 Å². The van der Waals surface area contributed by atoms with Gasteiger partial charge < -0.3 is 14.5 Å². The van der Waals surface area contributed by atoms with Crippen LogP contribution in [0.3, 0.4) is 0 Å². The number of aromatic nitrogens is 3. The zero-order chi connectivity index (χ0) is 24.1. The van der Waals surface area contributed by atoms with Crippen molar-refractivity contribution in [3.05, 3.63) is 101 Å². The van der Waals surface area contributed by atoms with Crippen LogP contribution in [-0.2, 0) is 30.7 Å². The third kappa shape index (κ3) is 5.52. The van der Waals surface area contributed by atoms with Gasteiger partial charge in [-0.3, -0.25) is 4.79 Å². The Labute approximate surface area is 193 Å². The predicted molar refractivity (Wildman–Crippen MR) is 116 cm³/mol. The third-order valence-electron chi connectivity index (χ3n) is 5.08. The largest absolute Gasteiger partial charge is 0.467 e. The molecule has 0 saturated heterocycles. The molecule has 0 aliphatic rings. The lowest BCUT2D eigenvalue weighted by atomic mass is 10.1. The topological polar surface area (TPSA) is 82.2 Å². The first-order chi connectivity index (χ1) is 16.3. The highest BCUT2D eigenvalue weighted by Crippen LogP contribution is 2.28. The zero-order valence-corrected chi connectivity index (χ0v) is 18.2. The van der Waals surface area contributed by atoms with E-state index in [2.05, 4.69) is 15.4 Å². The second-order valence-corrected chi connectivity index (χ2v) is 7.53. The fraction of sp³-hybridized carbons (Fsp3) is 0.208. The highest BCUT2D eigenvalue weighted by Gasteiger charge is 2.30. The van der Waals surface area contributed by atoms with E-state index in [4.69, 9.17) is 9.15 Å². The van der Waals surface area contributed by atoms with E-state index in [1.165, 1.54) is 16.9 Å². The summed E-state index contributed by atoms with van der Waals surface area (Å²) in [4.78, 5) is 16.5. The average Bonchev–Trinajstić information content (AvgIpc) is 3.47. The second-order valence-electron chi connectivity index (χ2n) is 7.53. The number of ether oxygens (including phenoxy) is 1. The molecule has 176 valence electrons. The van der Waals surface area contributed by atoms with Gasteiger partial charge in [-0.1, -0.05) is 24.3 Å². The predicted octanol–water partition coefficient (Wildman–Crippen LogP) is 4.83. The van der Waals surface area contributed by atoms with Crippen molar-refractivity contribution in [2.45, 2.75) is 32.9 Å². The Bertz CT molecular complexity index is 1250. The maximum atomic E-state index is 12.8. The zero-order valence-electron chi connectivity index (χ0n) is 18.2. The van der Waals surface area contributed by atoms with Gasteiger partial charge in [0.15, 0.2) is 5.82 Å². The Kier molecular flexibility index (Phi) is 6.78. The molecule has 3 heterocycles. The first kappa shape index (κ1) is 23.2. The number of halogens is 3. The summed E-state index contributed by atoms with van der Waals surface area (Å²) >= 11 is 0. The smallest absolute Gasteiger partial charge is 0.417 e. The number of hydrogen-bond donors (Lipinski definition) is 1. The minimum atomic E-state index is -4.47. The Morgan fingerprint density at radius 2 is 1.91 bits per heavy atom. The van der Waals surface area contributed by atoms with Gasteiger partial charge in [-0.2, -0.15) is 18.3 Å². The number of benzene rings is 1. The quantitative estimate of drug-likeness (QED) is 0.399. The number of amides is 1. The summed E-state index contributed by atoms with van der Waals surface area (Å²) in [6.07, 6.45) is -0.781. The molecule has 0 aliphatic carbocycles. The van der Waals surface area contributed by atoms with Gasteiger partial charge in [0.25, 0.3) is 5.91 Å². The van der Waals surface area contributed by atoms with Crippen LogP contribution >= 0.6 is 0 Å². The normalized spacial score (nSPS) is 11.5. The lowest BCUT2D eigenvalue weighted by molar-refractivity contribution is -0.137. The number of hydrogen-bond acceptors (Lipinski definition) is 5. The molecular weight excluding hydrogens is 449 g/mol.